The summed E-state index contributed by atoms with van der Waals surface area (Å²) in [7, 11) is 1.48. The number of hydrogen-bond donors (Lipinski definition) is 1. The lowest BCUT2D eigenvalue weighted by molar-refractivity contribution is -0.117. The molecule has 1 heterocycles. The number of methoxy groups -OCH3 is 1. The summed E-state index contributed by atoms with van der Waals surface area (Å²) in [5.74, 6) is -2.14. The van der Waals surface area contributed by atoms with Gasteiger partial charge in [0.05, 0.1) is 23.1 Å². The van der Waals surface area contributed by atoms with E-state index in [0.717, 1.165) is 5.56 Å². The van der Waals surface area contributed by atoms with Crippen LogP contribution in [-0.4, -0.2) is 18.8 Å². The molecule has 1 aromatic carbocycles. The molecule has 23 heavy (non-hydrogen) atoms. The SMILES string of the molecule is COc1ccc(NC(=O)[C@H](C#N)C(=O)c2sccc2C)cc1Cl. The van der Waals surface area contributed by atoms with Crippen LogP contribution in [0.1, 0.15) is 15.2 Å². The van der Waals surface area contributed by atoms with Gasteiger partial charge in [0.15, 0.2) is 11.7 Å². The van der Waals surface area contributed by atoms with Crippen molar-refractivity contribution in [3.05, 3.63) is 45.1 Å². The summed E-state index contributed by atoms with van der Waals surface area (Å²) >= 11 is 7.20. The van der Waals surface area contributed by atoms with E-state index in [1.807, 2.05) is 0 Å². The van der Waals surface area contributed by atoms with E-state index < -0.39 is 17.6 Å². The summed E-state index contributed by atoms with van der Waals surface area (Å²) < 4.78 is 5.02. The number of anilines is 1. The second-order valence-corrected chi connectivity index (χ2v) is 6.02. The van der Waals surface area contributed by atoms with E-state index in [0.29, 0.717) is 21.3 Å². The van der Waals surface area contributed by atoms with E-state index in [2.05, 4.69) is 5.32 Å². The minimum Gasteiger partial charge on any atom is -0.495 e. The minimum absolute atomic E-state index is 0.319. The number of ketones is 1. The normalized spacial score (nSPS) is 11.4. The Labute approximate surface area is 142 Å². The molecule has 1 aromatic heterocycles. The van der Waals surface area contributed by atoms with Crippen molar-refractivity contribution >= 4 is 40.3 Å². The van der Waals surface area contributed by atoms with E-state index in [9.17, 15) is 14.9 Å². The van der Waals surface area contributed by atoms with Crippen LogP contribution in [-0.2, 0) is 4.79 Å². The molecule has 1 N–H and O–H groups in total. The first kappa shape index (κ1) is 17.0. The Morgan fingerprint density at radius 1 is 1.39 bits per heavy atom. The number of amides is 1. The number of nitrogens with zero attached hydrogens (tertiary/aromatic N) is 1. The number of ether oxygens (including phenoxy) is 1. The minimum atomic E-state index is -1.41. The molecule has 7 heteroatoms. The first-order chi connectivity index (χ1) is 11.0. The predicted molar refractivity (Wildman–Crippen MR) is 89.1 cm³/mol. The summed E-state index contributed by atoms with van der Waals surface area (Å²) in [4.78, 5) is 25.0. The number of hydrogen-bond acceptors (Lipinski definition) is 5. The summed E-state index contributed by atoms with van der Waals surface area (Å²) in [5, 5.41) is 13.8. The number of benzene rings is 1. The quantitative estimate of drug-likeness (QED) is 0.660. The van der Waals surface area contributed by atoms with Gasteiger partial charge in [-0.2, -0.15) is 5.26 Å². The Bertz CT molecular complexity index is 795. The zero-order chi connectivity index (χ0) is 17.0. The zero-order valence-electron chi connectivity index (χ0n) is 12.4. The van der Waals surface area contributed by atoms with Crippen LogP contribution in [0.4, 0.5) is 5.69 Å². The fourth-order valence-corrected chi connectivity index (χ4v) is 3.11. The van der Waals surface area contributed by atoms with Gasteiger partial charge in [-0.3, -0.25) is 9.59 Å². The zero-order valence-corrected chi connectivity index (χ0v) is 14.0. The molecule has 0 saturated heterocycles. The van der Waals surface area contributed by atoms with E-state index in [-0.39, 0.29) is 0 Å². The molecule has 0 fully saturated rings. The molecule has 1 amide bonds. The van der Waals surface area contributed by atoms with Crippen molar-refractivity contribution < 1.29 is 14.3 Å². The largest absolute Gasteiger partial charge is 0.495 e. The number of Topliss-reactive ketones (excluding diaryl/α,β-unsaturated/α-hetero) is 1. The number of rotatable bonds is 5. The van der Waals surface area contributed by atoms with Gasteiger partial charge >= 0.3 is 0 Å². The predicted octanol–water partition coefficient (Wildman–Crippen LogP) is 3.68. The fraction of sp³-hybridized carbons (Fsp3) is 0.188. The van der Waals surface area contributed by atoms with Crippen LogP contribution in [0.2, 0.25) is 5.02 Å². The fourth-order valence-electron chi connectivity index (χ4n) is 1.95. The number of nitrogens with one attached hydrogen (secondary N) is 1. The molecule has 1 atom stereocenters. The molecular weight excluding hydrogens is 336 g/mol. The van der Waals surface area contributed by atoms with Crippen LogP contribution in [0.3, 0.4) is 0 Å². The smallest absolute Gasteiger partial charge is 0.249 e. The van der Waals surface area contributed by atoms with Crippen molar-refractivity contribution in [1.82, 2.24) is 0 Å². The number of carbonyl (C=O) groups excluding carboxylic acids is 2. The number of nitriles is 1. The highest BCUT2D eigenvalue weighted by Crippen LogP contribution is 2.28. The molecular formula is C16H13ClN2O3S. The van der Waals surface area contributed by atoms with Gasteiger partial charge in [-0.25, -0.2) is 0 Å². The highest BCUT2D eigenvalue weighted by Gasteiger charge is 2.29. The molecule has 0 unspecified atom stereocenters. The Balaban J connectivity index is 2.18. The van der Waals surface area contributed by atoms with Crippen LogP contribution in [0, 0.1) is 24.2 Å². The Morgan fingerprint density at radius 3 is 2.65 bits per heavy atom. The van der Waals surface area contributed by atoms with Gasteiger partial charge in [0.2, 0.25) is 5.91 Å². The van der Waals surface area contributed by atoms with E-state index in [1.165, 1.54) is 24.5 Å². The van der Waals surface area contributed by atoms with Crippen molar-refractivity contribution in [2.24, 2.45) is 5.92 Å². The van der Waals surface area contributed by atoms with E-state index in [4.69, 9.17) is 16.3 Å². The molecule has 0 aliphatic carbocycles. The van der Waals surface area contributed by atoms with Gasteiger partial charge in [-0.05, 0) is 42.1 Å². The third-order valence-corrected chi connectivity index (χ3v) is 4.49. The van der Waals surface area contributed by atoms with E-state index in [1.54, 1.807) is 36.6 Å². The monoisotopic (exact) mass is 348 g/mol. The lowest BCUT2D eigenvalue weighted by Gasteiger charge is -2.11. The molecule has 2 aromatic rings. The maximum absolute atomic E-state index is 12.3. The average Bonchev–Trinajstić information content (AvgIpc) is 2.94. The van der Waals surface area contributed by atoms with Gasteiger partial charge in [0.25, 0.3) is 0 Å². The highest BCUT2D eigenvalue weighted by molar-refractivity contribution is 7.12. The molecule has 0 bridgehead atoms. The highest BCUT2D eigenvalue weighted by atomic mass is 35.5. The van der Waals surface area contributed by atoms with Crippen molar-refractivity contribution in [3.8, 4) is 11.8 Å². The summed E-state index contributed by atoms with van der Waals surface area (Å²) in [6.07, 6.45) is 0. The molecule has 0 radical (unpaired) electrons. The van der Waals surface area contributed by atoms with Crippen LogP contribution in [0.25, 0.3) is 0 Å². The number of halogens is 1. The Morgan fingerprint density at radius 2 is 2.13 bits per heavy atom. The third-order valence-electron chi connectivity index (χ3n) is 3.16. The van der Waals surface area contributed by atoms with Gasteiger partial charge in [0.1, 0.15) is 5.75 Å². The first-order valence-electron chi connectivity index (χ1n) is 6.60. The third kappa shape index (κ3) is 3.70. The number of carbonyl (C=O) groups is 2. The summed E-state index contributed by atoms with van der Waals surface area (Å²) in [6.45, 7) is 1.76. The standard InChI is InChI=1S/C16H13ClN2O3S/c1-9-5-6-23-15(9)14(20)11(8-18)16(21)19-10-3-4-13(22-2)12(17)7-10/h3-7,11H,1-2H3,(H,19,21)/t11-/m1/s1. The molecule has 0 aliphatic rings. The van der Waals surface area contributed by atoms with Crippen LogP contribution in [0.5, 0.6) is 5.75 Å². The Hall–Kier alpha value is -2.36. The number of aryl methyl sites for hydroxylation is 1. The molecule has 2 rings (SSSR count). The van der Waals surface area contributed by atoms with Crippen LogP contribution in [0.15, 0.2) is 29.6 Å². The number of thiophene rings is 1. The van der Waals surface area contributed by atoms with E-state index >= 15 is 0 Å². The summed E-state index contributed by atoms with van der Waals surface area (Å²) in [5.41, 5.74) is 1.14. The summed E-state index contributed by atoms with van der Waals surface area (Å²) in [6, 6.07) is 8.20. The second-order valence-electron chi connectivity index (χ2n) is 4.70. The second kappa shape index (κ2) is 7.27. The van der Waals surface area contributed by atoms with Gasteiger partial charge in [0, 0.05) is 5.69 Å². The van der Waals surface area contributed by atoms with Gasteiger partial charge in [-0.1, -0.05) is 11.6 Å². The maximum atomic E-state index is 12.3. The molecule has 5 nitrogen and oxygen atoms in total. The van der Waals surface area contributed by atoms with Crippen molar-refractivity contribution in [2.75, 3.05) is 12.4 Å². The topological polar surface area (TPSA) is 79.2 Å². The Kier molecular flexibility index (Phi) is 5.37. The van der Waals surface area contributed by atoms with Gasteiger partial charge in [-0.15, -0.1) is 11.3 Å². The van der Waals surface area contributed by atoms with Crippen LogP contribution < -0.4 is 10.1 Å². The van der Waals surface area contributed by atoms with Crippen molar-refractivity contribution in [1.29, 1.82) is 5.26 Å². The van der Waals surface area contributed by atoms with Crippen molar-refractivity contribution in [3.63, 3.8) is 0 Å². The molecule has 0 aliphatic heterocycles. The molecule has 118 valence electrons. The molecule has 0 spiro atoms. The maximum Gasteiger partial charge on any atom is 0.249 e. The lowest BCUT2D eigenvalue weighted by atomic mass is 10.0. The van der Waals surface area contributed by atoms with Crippen molar-refractivity contribution in [2.45, 2.75) is 6.92 Å². The first-order valence-corrected chi connectivity index (χ1v) is 7.86. The average molecular weight is 349 g/mol. The van der Waals surface area contributed by atoms with Gasteiger partial charge < -0.3 is 10.1 Å². The molecule has 0 saturated carbocycles. The lowest BCUT2D eigenvalue weighted by Crippen LogP contribution is -2.28. The van der Waals surface area contributed by atoms with Crippen LogP contribution >= 0.6 is 22.9 Å².